The molecule has 13 heteroatoms. The van der Waals surface area contributed by atoms with Crippen molar-refractivity contribution in [1.82, 2.24) is 14.7 Å². The summed E-state index contributed by atoms with van der Waals surface area (Å²) in [5.41, 5.74) is 0.814. The van der Waals surface area contributed by atoms with Crippen molar-refractivity contribution in [3.8, 4) is 22.8 Å². The Kier molecular flexibility index (Phi) is 7.99. The van der Waals surface area contributed by atoms with Crippen molar-refractivity contribution in [2.24, 2.45) is 0 Å². The van der Waals surface area contributed by atoms with Gasteiger partial charge in [-0.25, -0.2) is 5.06 Å². The summed E-state index contributed by atoms with van der Waals surface area (Å²) in [4.78, 5) is 11.5. The smallest absolute Gasteiger partial charge is 0.415 e. The normalized spacial score (nSPS) is 15.0. The lowest BCUT2D eigenvalue weighted by molar-refractivity contribution is -0.386. The zero-order valence-corrected chi connectivity index (χ0v) is 21.9. The number of halogens is 3. The van der Waals surface area contributed by atoms with Crippen LogP contribution in [0.1, 0.15) is 16.0 Å². The third kappa shape index (κ3) is 6.21. The molecule has 4 aromatic rings. The lowest BCUT2D eigenvalue weighted by Gasteiger charge is -2.30. The van der Waals surface area contributed by atoms with Crippen LogP contribution >= 0.6 is 11.5 Å². The fourth-order valence-corrected chi connectivity index (χ4v) is 4.96. The molecule has 1 atom stereocenters. The Labute approximate surface area is 235 Å². The number of aromatic nitrogens is 2. The number of hydrogen-bond donors (Lipinski definition) is 1. The molecule has 2 heterocycles. The number of alkyl halides is 3. The van der Waals surface area contributed by atoms with Crippen LogP contribution in [0.4, 0.5) is 18.9 Å². The van der Waals surface area contributed by atoms with E-state index in [1.54, 1.807) is 24.3 Å². The van der Waals surface area contributed by atoms with E-state index in [1.165, 1.54) is 18.2 Å². The molecule has 0 bridgehead atoms. The number of hydrogen-bond acceptors (Lipinski definition) is 9. The molecule has 0 saturated heterocycles. The first-order valence-corrected chi connectivity index (χ1v) is 12.9. The van der Waals surface area contributed by atoms with E-state index in [4.69, 9.17) is 9.47 Å². The van der Waals surface area contributed by atoms with E-state index in [0.717, 1.165) is 23.4 Å². The minimum absolute atomic E-state index is 0.00149. The Bertz CT molecular complexity index is 1590. The van der Waals surface area contributed by atoms with Crippen molar-refractivity contribution in [2.45, 2.75) is 25.4 Å². The van der Waals surface area contributed by atoms with Crippen molar-refractivity contribution < 1.29 is 32.8 Å². The molecule has 9 nitrogen and oxygen atoms in total. The van der Waals surface area contributed by atoms with Crippen molar-refractivity contribution in [3.05, 3.63) is 117 Å². The van der Waals surface area contributed by atoms with E-state index < -0.39 is 22.8 Å². The molecule has 3 aromatic carbocycles. The summed E-state index contributed by atoms with van der Waals surface area (Å²) >= 11 is 0.672. The van der Waals surface area contributed by atoms with Crippen molar-refractivity contribution in [2.75, 3.05) is 0 Å². The summed E-state index contributed by atoms with van der Waals surface area (Å²) in [6.07, 6.45) is -1.51. The van der Waals surface area contributed by atoms with Crippen LogP contribution in [0, 0.1) is 10.1 Å². The third-order valence-corrected chi connectivity index (χ3v) is 6.88. The van der Waals surface area contributed by atoms with Crippen molar-refractivity contribution in [3.63, 3.8) is 0 Å². The fourth-order valence-electron chi connectivity index (χ4n) is 4.23. The number of allylic oxidation sites excluding steroid dienone is 2. The maximum atomic E-state index is 13.9. The minimum atomic E-state index is -4.84. The molecule has 5 rings (SSSR count). The molecule has 1 aliphatic heterocycles. The highest BCUT2D eigenvalue weighted by atomic mass is 32.1. The molecule has 0 saturated carbocycles. The molecule has 1 N–H and O–H groups in total. The second-order valence-electron chi connectivity index (χ2n) is 8.87. The average Bonchev–Trinajstić information content (AvgIpc) is 3.45. The zero-order chi connectivity index (χ0) is 29.0. The van der Waals surface area contributed by atoms with E-state index in [1.807, 2.05) is 36.4 Å². The quantitative estimate of drug-likeness (QED) is 0.169. The molecule has 41 heavy (non-hydrogen) atoms. The number of rotatable bonds is 9. The maximum absolute atomic E-state index is 13.9. The van der Waals surface area contributed by atoms with E-state index in [9.17, 15) is 28.5 Å². The number of nitro benzene ring substituents is 1. The molecule has 1 aliphatic rings. The Morgan fingerprint density at radius 1 is 1.00 bits per heavy atom. The van der Waals surface area contributed by atoms with Gasteiger partial charge in [0.05, 0.1) is 9.80 Å². The van der Waals surface area contributed by atoms with Crippen LogP contribution in [0.5, 0.6) is 11.5 Å². The summed E-state index contributed by atoms with van der Waals surface area (Å²) in [5.74, 6) is -0.139. The number of ether oxygens (including phenoxy) is 2. The Morgan fingerprint density at radius 3 is 2.24 bits per heavy atom. The predicted molar refractivity (Wildman–Crippen MR) is 144 cm³/mol. The zero-order valence-electron chi connectivity index (χ0n) is 21.1. The number of nitrogens with zero attached hydrogens (tertiary/aromatic N) is 4. The second kappa shape index (κ2) is 11.8. The van der Waals surface area contributed by atoms with Gasteiger partial charge in [-0.3, -0.25) is 15.3 Å². The molecule has 0 radical (unpaired) electrons. The van der Waals surface area contributed by atoms with Gasteiger partial charge < -0.3 is 9.47 Å². The van der Waals surface area contributed by atoms with Gasteiger partial charge in [-0.2, -0.15) is 13.2 Å². The lowest BCUT2D eigenvalue weighted by atomic mass is 9.98. The first-order chi connectivity index (χ1) is 19.7. The van der Waals surface area contributed by atoms with E-state index >= 15 is 0 Å². The molecule has 0 spiro atoms. The summed E-state index contributed by atoms with van der Waals surface area (Å²) in [6, 6.07) is 18.3. The van der Waals surface area contributed by atoms with Crippen LogP contribution in [0.2, 0.25) is 0 Å². The number of hydroxylamine groups is 2. The monoisotopic (exact) mass is 582 g/mol. The Morgan fingerprint density at radius 2 is 1.63 bits per heavy atom. The minimum Gasteiger partial charge on any atom is -0.485 e. The molecule has 0 amide bonds. The van der Waals surface area contributed by atoms with E-state index in [-0.39, 0.29) is 51.5 Å². The van der Waals surface area contributed by atoms with Crippen LogP contribution in [0.3, 0.4) is 0 Å². The van der Waals surface area contributed by atoms with Gasteiger partial charge in [0.15, 0.2) is 11.8 Å². The largest absolute Gasteiger partial charge is 0.485 e. The highest BCUT2D eigenvalue weighted by molar-refractivity contribution is 7.07. The molecule has 210 valence electrons. The van der Waals surface area contributed by atoms with Gasteiger partial charge in [-0.05, 0) is 34.8 Å². The number of benzene rings is 3. The first kappa shape index (κ1) is 27.8. The highest BCUT2D eigenvalue weighted by Gasteiger charge is 2.47. The molecule has 0 fully saturated rings. The van der Waals surface area contributed by atoms with Crippen LogP contribution in [-0.4, -0.2) is 37.0 Å². The van der Waals surface area contributed by atoms with Gasteiger partial charge in [0.25, 0.3) is 0 Å². The molecule has 1 aromatic heterocycles. The van der Waals surface area contributed by atoms with E-state index in [2.05, 4.69) is 9.59 Å². The summed E-state index contributed by atoms with van der Waals surface area (Å²) in [7, 11) is 0. The standard InChI is InChI=1S/C28H21F3N4O5S/c29-28(30,31)27-21(12-7-13-34(27)36)26-24(32-33-41-26)20-14-22(35(37)38)25(40-17-19-10-5-2-6-11-19)23(15-20)39-16-18-8-3-1-4-9-18/h1-15,27,36H,16-17H2. The van der Waals surface area contributed by atoms with Gasteiger partial charge in [0.1, 0.15) is 18.9 Å². The second-order valence-corrected chi connectivity index (χ2v) is 9.62. The third-order valence-electron chi connectivity index (χ3n) is 6.10. The van der Waals surface area contributed by atoms with Crippen LogP contribution in [0.25, 0.3) is 16.8 Å². The molecular formula is C28H21F3N4O5S. The van der Waals surface area contributed by atoms with Gasteiger partial charge in [-0.15, -0.1) is 5.10 Å². The maximum Gasteiger partial charge on any atom is 0.415 e. The summed E-state index contributed by atoms with van der Waals surface area (Å²) in [6.45, 7) is 0.0436. The Hall–Kier alpha value is -4.75. The van der Waals surface area contributed by atoms with Gasteiger partial charge in [-0.1, -0.05) is 71.2 Å². The molecular weight excluding hydrogens is 561 g/mol. The van der Waals surface area contributed by atoms with Gasteiger partial charge in [0, 0.05) is 23.4 Å². The first-order valence-electron chi connectivity index (χ1n) is 12.1. The lowest BCUT2D eigenvalue weighted by Crippen LogP contribution is -2.43. The SMILES string of the molecule is O=[N+]([O-])c1cc(-c2nnsc2C2=CC=CN(O)C2C(F)(F)F)cc(OCc2ccccc2)c1OCc1ccccc1. The highest BCUT2D eigenvalue weighted by Crippen LogP contribution is 2.45. The Balaban J connectivity index is 1.59. The van der Waals surface area contributed by atoms with Crippen LogP contribution in [-0.2, 0) is 13.2 Å². The summed E-state index contributed by atoms with van der Waals surface area (Å²) in [5, 5.41) is 26.3. The van der Waals surface area contributed by atoms with Crippen LogP contribution < -0.4 is 9.47 Å². The van der Waals surface area contributed by atoms with Gasteiger partial charge >= 0.3 is 11.9 Å². The van der Waals surface area contributed by atoms with E-state index in [0.29, 0.717) is 11.5 Å². The average molecular weight is 583 g/mol. The van der Waals surface area contributed by atoms with Crippen molar-refractivity contribution in [1.29, 1.82) is 0 Å². The topological polar surface area (TPSA) is 111 Å². The van der Waals surface area contributed by atoms with Gasteiger partial charge in [0.2, 0.25) is 5.75 Å². The number of nitro groups is 1. The van der Waals surface area contributed by atoms with Crippen molar-refractivity contribution >= 4 is 22.8 Å². The molecule has 0 aliphatic carbocycles. The van der Waals surface area contributed by atoms with Crippen LogP contribution in [0.15, 0.2) is 91.1 Å². The fraction of sp³-hybridized carbons (Fsp3) is 0.143. The predicted octanol–water partition coefficient (Wildman–Crippen LogP) is 6.80. The molecule has 1 unspecified atom stereocenters. The summed E-state index contributed by atoms with van der Waals surface area (Å²) < 4.78 is 57.4.